The van der Waals surface area contributed by atoms with Crippen LogP contribution in [0.15, 0.2) is 58.4 Å². The van der Waals surface area contributed by atoms with Crippen LogP contribution in [0.3, 0.4) is 0 Å². The Bertz CT molecular complexity index is 971. The molecular weight excluding hydrogens is 419 g/mol. The molecule has 2 aromatic rings. The first kappa shape index (κ1) is 22.9. The Hall–Kier alpha value is -2.81. The number of nitrogens with one attached hydrogen (secondary N) is 1. The summed E-state index contributed by atoms with van der Waals surface area (Å²) in [6, 6.07) is 13.0. The van der Waals surface area contributed by atoms with Gasteiger partial charge in [0.15, 0.2) is 15.8 Å². The number of hydrogen-bond donors (Lipinski definition) is 1. The second-order valence-corrected chi connectivity index (χ2v) is 9.29. The molecule has 2 aromatic carbocycles. The zero-order valence-corrected chi connectivity index (χ0v) is 18.7. The van der Waals surface area contributed by atoms with Crippen LogP contribution in [0, 0.1) is 5.82 Å². The monoisotopic (exact) mass is 448 g/mol. The smallest absolute Gasteiger partial charge is 0.194 e. The number of hydrogen-bond acceptors (Lipinski definition) is 5. The van der Waals surface area contributed by atoms with Crippen molar-refractivity contribution in [3.63, 3.8) is 0 Å². The Labute approximate surface area is 183 Å². The summed E-state index contributed by atoms with van der Waals surface area (Å²) in [7, 11) is -3.21. The van der Waals surface area contributed by atoms with E-state index < -0.39 is 9.84 Å². The minimum absolute atomic E-state index is 0.225. The topological polar surface area (TPSA) is 74.2 Å². The van der Waals surface area contributed by atoms with Crippen molar-refractivity contribution in [3.05, 3.63) is 54.3 Å². The van der Waals surface area contributed by atoms with E-state index in [0.717, 1.165) is 44.4 Å². The summed E-state index contributed by atoms with van der Waals surface area (Å²) in [6.07, 6.45) is 1.18. The van der Waals surface area contributed by atoms with Crippen LogP contribution in [0.1, 0.15) is 6.92 Å². The maximum Gasteiger partial charge on any atom is 0.194 e. The number of rotatable bonds is 7. The van der Waals surface area contributed by atoms with Crippen molar-refractivity contribution in [2.45, 2.75) is 11.8 Å². The largest absolute Gasteiger partial charge is 0.492 e. The van der Waals surface area contributed by atoms with E-state index in [2.05, 4.69) is 20.1 Å². The number of ether oxygens (including phenoxy) is 1. The summed E-state index contributed by atoms with van der Waals surface area (Å²) < 4.78 is 41.9. The van der Waals surface area contributed by atoms with Crippen molar-refractivity contribution in [1.29, 1.82) is 0 Å². The van der Waals surface area contributed by atoms with Crippen molar-refractivity contribution >= 4 is 21.5 Å². The zero-order valence-electron chi connectivity index (χ0n) is 17.9. The van der Waals surface area contributed by atoms with Crippen LogP contribution in [0.5, 0.6) is 5.75 Å². The predicted octanol–water partition coefficient (Wildman–Crippen LogP) is 2.40. The molecule has 7 nitrogen and oxygen atoms in total. The lowest BCUT2D eigenvalue weighted by Gasteiger charge is -2.37. The average Bonchev–Trinajstić information content (AvgIpc) is 2.76. The molecule has 168 valence electrons. The van der Waals surface area contributed by atoms with Crippen LogP contribution >= 0.6 is 0 Å². The molecule has 0 unspecified atom stereocenters. The van der Waals surface area contributed by atoms with E-state index in [0.29, 0.717) is 18.9 Å². The van der Waals surface area contributed by atoms with E-state index in [1.807, 2.05) is 19.1 Å². The molecular formula is C22H29FN4O3S. The van der Waals surface area contributed by atoms with Crippen LogP contribution in [-0.2, 0) is 9.84 Å². The van der Waals surface area contributed by atoms with Gasteiger partial charge in [-0.1, -0.05) is 0 Å². The fraction of sp³-hybridized carbons (Fsp3) is 0.409. The number of sulfone groups is 1. The van der Waals surface area contributed by atoms with Gasteiger partial charge in [-0.05, 0) is 55.5 Å². The molecule has 1 fully saturated rings. The van der Waals surface area contributed by atoms with E-state index in [1.165, 1.54) is 18.4 Å². The number of guanidine groups is 1. The lowest BCUT2D eigenvalue weighted by molar-refractivity contribution is 0.325. The van der Waals surface area contributed by atoms with E-state index in [-0.39, 0.29) is 10.7 Å². The highest BCUT2D eigenvalue weighted by Crippen LogP contribution is 2.17. The Morgan fingerprint density at radius 2 is 1.71 bits per heavy atom. The Balaban J connectivity index is 1.50. The van der Waals surface area contributed by atoms with Crippen molar-refractivity contribution in [1.82, 2.24) is 10.2 Å². The predicted molar refractivity (Wildman–Crippen MR) is 121 cm³/mol. The SMILES string of the molecule is CCNC(=NCCOc1ccc(S(C)(=O)=O)cc1)N1CCN(c2ccc(F)cc2)CC1. The number of nitrogens with zero attached hydrogens (tertiary/aromatic N) is 3. The fourth-order valence-electron chi connectivity index (χ4n) is 3.35. The molecule has 9 heteroatoms. The minimum atomic E-state index is -3.21. The molecule has 0 aromatic heterocycles. The first-order chi connectivity index (χ1) is 14.9. The van der Waals surface area contributed by atoms with Gasteiger partial charge in [0, 0.05) is 44.7 Å². The minimum Gasteiger partial charge on any atom is -0.492 e. The van der Waals surface area contributed by atoms with Gasteiger partial charge in [-0.3, -0.25) is 0 Å². The molecule has 0 bridgehead atoms. The summed E-state index contributed by atoms with van der Waals surface area (Å²) >= 11 is 0. The second-order valence-electron chi connectivity index (χ2n) is 7.28. The maximum atomic E-state index is 13.1. The van der Waals surface area contributed by atoms with Gasteiger partial charge in [-0.2, -0.15) is 0 Å². The van der Waals surface area contributed by atoms with Gasteiger partial charge in [0.05, 0.1) is 11.4 Å². The number of anilines is 1. The quantitative estimate of drug-likeness (QED) is 0.398. The molecule has 1 heterocycles. The first-order valence-corrected chi connectivity index (χ1v) is 12.2. The van der Waals surface area contributed by atoms with Crippen LogP contribution < -0.4 is 15.0 Å². The number of benzene rings is 2. The third-order valence-corrected chi connectivity index (χ3v) is 6.11. The van der Waals surface area contributed by atoms with Gasteiger partial charge in [-0.25, -0.2) is 17.8 Å². The van der Waals surface area contributed by atoms with E-state index >= 15 is 0 Å². The fourth-order valence-corrected chi connectivity index (χ4v) is 3.98. The number of aliphatic imine (C=N–C) groups is 1. The number of piperazine rings is 1. The van der Waals surface area contributed by atoms with E-state index in [1.54, 1.807) is 24.3 Å². The van der Waals surface area contributed by atoms with Crippen LogP contribution in [0.2, 0.25) is 0 Å². The van der Waals surface area contributed by atoms with Gasteiger partial charge in [0.2, 0.25) is 0 Å². The highest BCUT2D eigenvalue weighted by molar-refractivity contribution is 7.90. The van der Waals surface area contributed by atoms with Gasteiger partial charge in [0.1, 0.15) is 18.2 Å². The van der Waals surface area contributed by atoms with Crippen molar-refractivity contribution in [2.75, 3.05) is 57.0 Å². The average molecular weight is 449 g/mol. The van der Waals surface area contributed by atoms with Crippen molar-refractivity contribution < 1.29 is 17.5 Å². The molecule has 1 aliphatic rings. The lowest BCUT2D eigenvalue weighted by atomic mass is 10.2. The van der Waals surface area contributed by atoms with Crippen LogP contribution in [-0.4, -0.2) is 71.4 Å². The summed E-state index contributed by atoms with van der Waals surface area (Å²) in [5.74, 6) is 1.23. The molecule has 0 saturated carbocycles. The maximum absolute atomic E-state index is 13.1. The van der Waals surface area contributed by atoms with Gasteiger partial charge < -0.3 is 19.9 Å². The molecule has 1 N–H and O–H groups in total. The molecule has 31 heavy (non-hydrogen) atoms. The molecule has 0 aliphatic carbocycles. The Kier molecular flexibility index (Phi) is 7.73. The summed E-state index contributed by atoms with van der Waals surface area (Å²) in [5.41, 5.74) is 1.03. The summed E-state index contributed by atoms with van der Waals surface area (Å²) in [5, 5.41) is 3.32. The lowest BCUT2D eigenvalue weighted by Crippen LogP contribution is -2.52. The summed E-state index contributed by atoms with van der Waals surface area (Å²) in [6.45, 7) is 6.97. The third kappa shape index (κ3) is 6.58. The molecule has 0 amide bonds. The highest BCUT2D eigenvalue weighted by Gasteiger charge is 2.19. The second kappa shape index (κ2) is 10.5. The van der Waals surface area contributed by atoms with Crippen LogP contribution in [0.4, 0.5) is 10.1 Å². The highest BCUT2D eigenvalue weighted by atomic mass is 32.2. The van der Waals surface area contributed by atoms with Crippen molar-refractivity contribution in [2.24, 2.45) is 4.99 Å². The molecule has 0 atom stereocenters. The standard InChI is InChI=1S/C22H29FN4O3S/c1-3-24-22(25-12-17-30-20-8-10-21(11-9-20)31(2,28)29)27-15-13-26(14-16-27)19-6-4-18(23)5-7-19/h4-11H,3,12-17H2,1-2H3,(H,24,25). The normalized spacial score (nSPS) is 15.1. The van der Waals surface area contributed by atoms with Gasteiger partial charge in [0.25, 0.3) is 0 Å². The number of halogens is 1. The molecule has 0 radical (unpaired) electrons. The van der Waals surface area contributed by atoms with E-state index in [9.17, 15) is 12.8 Å². The summed E-state index contributed by atoms with van der Waals surface area (Å²) in [4.78, 5) is 9.38. The van der Waals surface area contributed by atoms with Crippen molar-refractivity contribution in [3.8, 4) is 5.75 Å². The molecule has 0 spiro atoms. The van der Waals surface area contributed by atoms with Gasteiger partial charge >= 0.3 is 0 Å². The third-order valence-electron chi connectivity index (χ3n) is 4.98. The molecule has 1 saturated heterocycles. The van der Waals surface area contributed by atoms with E-state index in [4.69, 9.17) is 4.74 Å². The zero-order chi connectivity index (χ0) is 22.3. The first-order valence-electron chi connectivity index (χ1n) is 10.3. The Morgan fingerprint density at radius 3 is 2.29 bits per heavy atom. The molecule has 3 rings (SSSR count). The van der Waals surface area contributed by atoms with Gasteiger partial charge in [-0.15, -0.1) is 0 Å². The molecule has 1 aliphatic heterocycles. The Morgan fingerprint density at radius 1 is 1.06 bits per heavy atom. The van der Waals surface area contributed by atoms with Crippen LogP contribution in [0.25, 0.3) is 0 Å².